The summed E-state index contributed by atoms with van der Waals surface area (Å²) in [5.74, 6) is 0. The quantitative estimate of drug-likeness (QED) is 0.410. The van der Waals surface area contributed by atoms with Crippen molar-refractivity contribution in [3.8, 4) is 0 Å². The van der Waals surface area contributed by atoms with Crippen molar-refractivity contribution in [1.82, 2.24) is 0 Å². The van der Waals surface area contributed by atoms with Gasteiger partial charge in [0.15, 0.2) is 0 Å². The van der Waals surface area contributed by atoms with Crippen molar-refractivity contribution in [1.29, 1.82) is 0 Å². The Bertz CT molecular complexity index is 792. The summed E-state index contributed by atoms with van der Waals surface area (Å²) in [7, 11) is 1.85. The van der Waals surface area contributed by atoms with Crippen LogP contribution in [0.15, 0.2) is 31.7 Å². The maximum absolute atomic E-state index is 11.3. The van der Waals surface area contributed by atoms with Crippen LogP contribution in [0.3, 0.4) is 0 Å². The zero-order chi connectivity index (χ0) is 15.2. The minimum Gasteiger partial charge on any atom is -0.207 e. The summed E-state index contributed by atoms with van der Waals surface area (Å²) in [5.41, 5.74) is 0. The van der Waals surface area contributed by atoms with E-state index >= 15 is 0 Å². The molecule has 20 heavy (non-hydrogen) atoms. The van der Waals surface area contributed by atoms with Crippen molar-refractivity contribution < 1.29 is 44.7 Å². The first-order chi connectivity index (χ1) is 8.24. The first-order valence-corrected chi connectivity index (χ1v) is 11.3. The van der Waals surface area contributed by atoms with E-state index in [4.69, 9.17) is 32.0 Å². The summed E-state index contributed by atoms with van der Waals surface area (Å²) in [6.45, 7) is 0. The molecule has 0 heterocycles. The maximum atomic E-state index is 11.3. The van der Waals surface area contributed by atoms with Crippen molar-refractivity contribution in [3.63, 3.8) is 0 Å². The first-order valence-electron chi connectivity index (χ1n) is 3.95. The molecule has 0 aromatic heterocycles. The van der Waals surface area contributed by atoms with Crippen LogP contribution in [0, 0.1) is 0 Å². The van der Waals surface area contributed by atoms with E-state index in [1.165, 1.54) is 0 Å². The van der Waals surface area contributed by atoms with E-state index in [2.05, 4.69) is 12.6 Å². The third-order valence-electron chi connectivity index (χ3n) is 1.82. The van der Waals surface area contributed by atoms with Gasteiger partial charge in [0.25, 0.3) is 27.2 Å². The van der Waals surface area contributed by atoms with Crippen molar-refractivity contribution >= 4 is 71.8 Å². The Morgan fingerprint density at radius 2 is 1.05 bits per heavy atom. The predicted octanol–water partition coefficient (Wildman–Crippen LogP) is 1.76. The van der Waals surface area contributed by atoms with Crippen LogP contribution in [0.5, 0.6) is 0 Å². The molecule has 0 saturated carbocycles. The smallest absolute Gasteiger partial charge is 0.207 e. The number of hydrogen-bond acceptors (Lipinski definition) is 7. The second-order valence-electron chi connectivity index (χ2n) is 3.08. The van der Waals surface area contributed by atoms with Crippen LogP contribution in [-0.2, 0) is 46.6 Å². The van der Waals surface area contributed by atoms with Crippen molar-refractivity contribution in [2.75, 3.05) is 0 Å². The van der Waals surface area contributed by atoms with Crippen molar-refractivity contribution in [3.05, 3.63) is 12.1 Å². The summed E-state index contributed by atoms with van der Waals surface area (Å²) in [6.07, 6.45) is 0. The number of benzene rings is 1. The molecule has 0 aliphatic carbocycles. The number of hydrogen-bond donors (Lipinski definition) is 1. The Morgan fingerprint density at radius 3 is 1.25 bits per heavy atom. The Hall–Kier alpha value is 0.913. The summed E-state index contributed by atoms with van der Waals surface area (Å²) in [6, 6.07) is 1.16. The van der Waals surface area contributed by atoms with Gasteiger partial charge in [-0.1, -0.05) is 0 Å². The number of thiol groups is 1. The fourth-order valence-electron chi connectivity index (χ4n) is 1.07. The van der Waals surface area contributed by atoms with Crippen LogP contribution in [-0.4, -0.2) is 25.3 Å². The molecular weight excluding hydrogens is 468 g/mol. The second-order valence-corrected chi connectivity index (χ2v) is 11.2. The third-order valence-corrected chi connectivity index (χ3v) is 6.63. The van der Waals surface area contributed by atoms with Gasteiger partial charge in [-0.3, -0.25) is 0 Å². The van der Waals surface area contributed by atoms with Crippen molar-refractivity contribution in [2.45, 2.75) is 19.6 Å². The van der Waals surface area contributed by atoms with Gasteiger partial charge in [-0.05, 0) is 12.1 Å². The molecule has 0 N–H and O–H groups in total. The molecule has 0 spiro atoms. The van der Waals surface area contributed by atoms with E-state index in [9.17, 15) is 25.3 Å². The van der Waals surface area contributed by atoms with E-state index in [0.717, 1.165) is 0 Å². The van der Waals surface area contributed by atoms with Crippen LogP contribution in [0.25, 0.3) is 0 Å². The zero-order valence-electron chi connectivity index (χ0n) is 9.12. The minimum absolute atomic E-state index is 0. The largest absolute Gasteiger partial charge is 0.262 e. The number of halogens is 3. The minimum atomic E-state index is -4.45. The first kappa shape index (κ1) is 20.9. The molecule has 14 heteroatoms. The Morgan fingerprint density at radius 1 is 0.750 bits per heavy atom. The van der Waals surface area contributed by atoms with Gasteiger partial charge in [0.2, 0.25) is 0 Å². The van der Waals surface area contributed by atoms with Gasteiger partial charge >= 0.3 is 0 Å². The standard InChI is InChI=1S/C6H3Cl3O6S4.Zn/c7-17(10,11)3-1-4(18(8,12)13)6(16)5(2-3)19(9,14)15;/h1-2,16H;. The monoisotopic (exact) mass is 468 g/mol. The van der Waals surface area contributed by atoms with E-state index in [0.29, 0.717) is 12.1 Å². The van der Waals surface area contributed by atoms with Gasteiger partial charge in [0.05, 0.1) is 14.7 Å². The molecule has 1 rings (SSSR count). The Labute approximate surface area is 147 Å². The molecule has 0 fully saturated rings. The SMILES string of the molecule is O=S(=O)(Cl)c1cc(S(=O)(=O)Cl)c(S)c(S(=O)(=O)Cl)c1.[Zn]. The van der Waals surface area contributed by atoms with E-state index < -0.39 is 46.7 Å². The van der Waals surface area contributed by atoms with Crippen LogP contribution in [0.2, 0.25) is 0 Å². The molecule has 0 atom stereocenters. The van der Waals surface area contributed by atoms with Crippen LogP contribution < -0.4 is 0 Å². The van der Waals surface area contributed by atoms with Crippen molar-refractivity contribution in [2.24, 2.45) is 0 Å². The number of rotatable bonds is 3. The summed E-state index contributed by atoms with van der Waals surface area (Å²) in [4.78, 5) is -3.06. The molecule has 0 bridgehead atoms. The molecule has 6 nitrogen and oxygen atoms in total. The van der Waals surface area contributed by atoms with Gasteiger partial charge in [0, 0.05) is 56.4 Å². The average Bonchev–Trinajstić information content (AvgIpc) is 2.11. The summed E-state index contributed by atoms with van der Waals surface area (Å²) in [5, 5.41) is 0. The fourth-order valence-corrected chi connectivity index (χ4v) is 5.19. The van der Waals surface area contributed by atoms with Gasteiger partial charge in [-0.25, -0.2) is 25.3 Å². The van der Waals surface area contributed by atoms with Gasteiger partial charge in [-0.2, -0.15) is 0 Å². The van der Waals surface area contributed by atoms with E-state index in [-0.39, 0.29) is 19.5 Å². The second kappa shape index (κ2) is 6.58. The molecule has 0 saturated heterocycles. The molecular formula is C6H3Cl3O6S4Zn. The zero-order valence-corrected chi connectivity index (χ0v) is 17.7. The Kier molecular flexibility index (Phi) is 6.88. The molecule has 0 unspecified atom stereocenters. The normalized spacial score (nSPS) is 12.8. The van der Waals surface area contributed by atoms with Crippen LogP contribution in [0.4, 0.5) is 0 Å². The van der Waals surface area contributed by atoms with E-state index in [1.54, 1.807) is 0 Å². The van der Waals surface area contributed by atoms with Crippen LogP contribution >= 0.6 is 44.7 Å². The van der Waals surface area contributed by atoms with Crippen LogP contribution in [0.1, 0.15) is 0 Å². The molecule has 0 radical (unpaired) electrons. The molecule has 0 amide bonds. The topological polar surface area (TPSA) is 102 Å². The molecule has 1 aromatic carbocycles. The van der Waals surface area contributed by atoms with Gasteiger partial charge < -0.3 is 0 Å². The molecule has 0 aliphatic heterocycles. The van der Waals surface area contributed by atoms with Gasteiger partial charge in [0.1, 0.15) is 0 Å². The summed E-state index contributed by atoms with van der Waals surface area (Å²) >= 11 is 3.68. The third kappa shape index (κ3) is 4.98. The average molecular weight is 471 g/mol. The predicted molar refractivity (Wildman–Crippen MR) is 72.8 cm³/mol. The summed E-state index contributed by atoms with van der Waals surface area (Å²) < 4.78 is 67.3. The maximum Gasteiger partial charge on any atom is 0.262 e. The molecule has 1 aromatic rings. The molecule has 110 valence electrons. The fraction of sp³-hybridized carbons (Fsp3) is 0. The van der Waals surface area contributed by atoms with Gasteiger partial charge in [-0.15, -0.1) is 12.6 Å². The Balaban J connectivity index is 0.00000361. The van der Waals surface area contributed by atoms with E-state index in [1.807, 2.05) is 0 Å². The molecule has 0 aliphatic rings.